The minimum Gasteiger partial charge on any atom is -0.319 e. The van der Waals surface area contributed by atoms with E-state index in [1.165, 1.54) is 4.90 Å². The van der Waals surface area contributed by atoms with Crippen molar-refractivity contribution >= 4 is 17.7 Å². The monoisotopic (exact) mass is 281 g/mol. The molecule has 0 aromatic heterocycles. The Morgan fingerprint density at radius 3 is 2.75 bits per heavy atom. The summed E-state index contributed by atoms with van der Waals surface area (Å²) in [4.78, 5) is 37.2. The van der Waals surface area contributed by atoms with E-state index in [9.17, 15) is 14.4 Å². The highest BCUT2D eigenvalue weighted by Gasteiger charge is 2.43. The number of piperazine rings is 1. The summed E-state index contributed by atoms with van der Waals surface area (Å²) < 4.78 is 0. The van der Waals surface area contributed by atoms with Crippen molar-refractivity contribution < 1.29 is 14.4 Å². The molecule has 2 unspecified atom stereocenters. The SMILES string of the molecule is CC1CCCNC1CC(=O)N1CC(=O)NC(=O)C1(C)C. The van der Waals surface area contributed by atoms with Crippen molar-refractivity contribution in [3.8, 4) is 0 Å². The molecular formula is C14H23N3O3. The van der Waals surface area contributed by atoms with Crippen molar-refractivity contribution in [2.24, 2.45) is 5.92 Å². The zero-order valence-corrected chi connectivity index (χ0v) is 12.4. The van der Waals surface area contributed by atoms with E-state index in [1.54, 1.807) is 13.8 Å². The van der Waals surface area contributed by atoms with Crippen LogP contribution in [0.2, 0.25) is 0 Å². The van der Waals surface area contributed by atoms with Crippen LogP contribution in [0.4, 0.5) is 0 Å². The van der Waals surface area contributed by atoms with Gasteiger partial charge in [0.05, 0.1) is 0 Å². The fraction of sp³-hybridized carbons (Fsp3) is 0.786. The number of nitrogens with one attached hydrogen (secondary N) is 2. The van der Waals surface area contributed by atoms with Crippen LogP contribution in [0.15, 0.2) is 0 Å². The first-order chi connectivity index (χ1) is 9.32. The molecule has 0 aliphatic carbocycles. The van der Waals surface area contributed by atoms with E-state index in [0.29, 0.717) is 12.3 Å². The molecule has 3 amide bonds. The number of hydrogen-bond acceptors (Lipinski definition) is 4. The number of piperidine rings is 1. The van der Waals surface area contributed by atoms with Gasteiger partial charge < -0.3 is 10.2 Å². The molecule has 0 bridgehead atoms. The third kappa shape index (κ3) is 2.85. The second-order valence-electron chi connectivity index (χ2n) is 6.30. The molecule has 112 valence electrons. The first-order valence-corrected chi connectivity index (χ1v) is 7.20. The number of nitrogens with zero attached hydrogens (tertiary/aromatic N) is 1. The van der Waals surface area contributed by atoms with E-state index < -0.39 is 17.4 Å². The number of amides is 3. The summed E-state index contributed by atoms with van der Waals surface area (Å²) >= 11 is 0. The van der Waals surface area contributed by atoms with Gasteiger partial charge in [0.15, 0.2) is 0 Å². The third-order valence-electron chi connectivity index (χ3n) is 4.41. The molecule has 2 rings (SSSR count). The van der Waals surface area contributed by atoms with E-state index >= 15 is 0 Å². The quantitative estimate of drug-likeness (QED) is 0.700. The minimum atomic E-state index is -0.969. The fourth-order valence-electron chi connectivity index (χ4n) is 2.87. The molecule has 6 heteroatoms. The molecule has 2 atom stereocenters. The molecule has 2 aliphatic heterocycles. The van der Waals surface area contributed by atoms with Crippen molar-refractivity contribution in [3.05, 3.63) is 0 Å². The van der Waals surface area contributed by atoms with Gasteiger partial charge in [0.2, 0.25) is 11.8 Å². The van der Waals surface area contributed by atoms with Gasteiger partial charge in [-0.2, -0.15) is 0 Å². The van der Waals surface area contributed by atoms with E-state index in [2.05, 4.69) is 17.6 Å². The molecule has 0 aromatic rings. The molecule has 2 heterocycles. The van der Waals surface area contributed by atoms with Crippen LogP contribution >= 0.6 is 0 Å². The van der Waals surface area contributed by atoms with Gasteiger partial charge in [-0.25, -0.2) is 0 Å². The first-order valence-electron chi connectivity index (χ1n) is 7.20. The minimum absolute atomic E-state index is 0.0430. The normalized spacial score (nSPS) is 30.1. The lowest BCUT2D eigenvalue weighted by atomic mass is 9.89. The summed E-state index contributed by atoms with van der Waals surface area (Å²) in [5, 5.41) is 5.64. The Hall–Kier alpha value is -1.43. The highest BCUT2D eigenvalue weighted by atomic mass is 16.2. The van der Waals surface area contributed by atoms with Gasteiger partial charge in [0, 0.05) is 12.5 Å². The van der Waals surface area contributed by atoms with Crippen molar-refractivity contribution in [3.63, 3.8) is 0 Å². The van der Waals surface area contributed by atoms with Crippen LogP contribution in [0.1, 0.15) is 40.0 Å². The van der Waals surface area contributed by atoms with Crippen LogP contribution < -0.4 is 10.6 Å². The van der Waals surface area contributed by atoms with Gasteiger partial charge in [-0.05, 0) is 39.2 Å². The molecule has 6 nitrogen and oxygen atoms in total. The highest BCUT2D eigenvalue weighted by molar-refractivity contribution is 6.06. The maximum atomic E-state index is 12.5. The highest BCUT2D eigenvalue weighted by Crippen LogP contribution is 2.23. The summed E-state index contributed by atoms with van der Waals surface area (Å²) in [5.41, 5.74) is -0.969. The van der Waals surface area contributed by atoms with Crippen molar-refractivity contribution in [1.82, 2.24) is 15.5 Å². The summed E-state index contributed by atoms with van der Waals surface area (Å²) in [5.74, 6) is -0.520. The average molecular weight is 281 g/mol. The molecule has 0 aromatic carbocycles. The lowest BCUT2D eigenvalue weighted by molar-refractivity contribution is -0.156. The van der Waals surface area contributed by atoms with E-state index in [1.807, 2.05) is 0 Å². The Morgan fingerprint density at radius 2 is 2.10 bits per heavy atom. The van der Waals surface area contributed by atoms with Gasteiger partial charge in [-0.15, -0.1) is 0 Å². The smallest absolute Gasteiger partial charge is 0.252 e. The number of rotatable bonds is 2. The van der Waals surface area contributed by atoms with E-state index in [4.69, 9.17) is 0 Å². The molecule has 0 radical (unpaired) electrons. The molecule has 0 saturated carbocycles. The van der Waals surface area contributed by atoms with Crippen LogP contribution in [0, 0.1) is 5.92 Å². The average Bonchev–Trinajstić information content (AvgIpc) is 2.37. The third-order valence-corrected chi connectivity index (χ3v) is 4.41. The summed E-state index contributed by atoms with van der Waals surface area (Å²) in [7, 11) is 0. The fourth-order valence-corrected chi connectivity index (χ4v) is 2.87. The Labute approximate surface area is 119 Å². The largest absolute Gasteiger partial charge is 0.319 e. The first kappa shape index (κ1) is 15.0. The molecule has 2 fully saturated rings. The Bertz CT molecular complexity index is 433. The van der Waals surface area contributed by atoms with Crippen LogP contribution in [-0.2, 0) is 14.4 Å². The van der Waals surface area contributed by atoms with E-state index in [0.717, 1.165) is 19.4 Å². The number of hydrogen-bond donors (Lipinski definition) is 2. The Morgan fingerprint density at radius 1 is 1.40 bits per heavy atom. The molecule has 0 spiro atoms. The number of carbonyl (C=O) groups excluding carboxylic acids is 3. The van der Waals surface area contributed by atoms with Crippen LogP contribution in [0.5, 0.6) is 0 Å². The Kier molecular flexibility index (Phi) is 4.13. The van der Waals surface area contributed by atoms with Crippen molar-refractivity contribution in [2.75, 3.05) is 13.1 Å². The van der Waals surface area contributed by atoms with Crippen LogP contribution in [-0.4, -0.2) is 47.3 Å². The molecule has 20 heavy (non-hydrogen) atoms. The van der Waals surface area contributed by atoms with Crippen molar-refractivity contribution in [1.29, 1.82) is 0 Å². The lowest BCUT2D eigenvalue weighted by Crippen LogP contribution is -2.66. The standard InChI is InChI=1S/C14H23N3O3/c1-9-5-4-6-15-10(9)7-12(19)17-8-11(18)16-13(20)14(17,2)3/h9-10,15H,4-8H2,1-3H3,(H,16,18,20). The predicted octanol–water partition coefficient (Wildman–Crippen LogP) is 0.0282. The van der Waals surface area contributed by atoms with Gasteiger partial charge in [0.25, 0.3) is 5.91 Å². The maximum absolute atomic E-state index is 12.5. The maximum Gasteiger partial charge on any atom is 0.252 e. The zero-order chi connectivity index (χ0) is 14.9. The predicted molar refractivity (Wildman–Crippen MR) is 73.7 cm³/mol. The molecular weight excluding hydrogens is 258 g/mol. The van der Waals surface area contributed by atoms with Gasteiger partial charge in [0.1, 0.15) is 12.1 Å². The van der Waals surface area contributed by atoms with Gasteiger partial charge >= 0.3 is 0 Å². The molecule has 2 N–H and O–H groups in total. The summed E-state index contributed by atoms with van der Waals surface area (Å²) in [6.45, 7) is 6.35. The van der Waals surface area contributed by atoms with Crippen LogP contribution in [0.3, 0.4) is 0 Å². The lowest BCUT2D eigenvalue weighted by Gasteiger charge is -2.41. The number of imide groups is 1. The molecule has 2 aliphatic rings. The zero-order valence-electron chi connectivity index (χ0n) is 12.4. The van der Waals surface area contributed by atoms with E-state index in [-0.39, 0.29) is 18.5 Å². The van der Waals surface area contributed by atoms with Gasteiger partial charge in [-0.1, -0.05) is 6.92 Å². The summed E-state index contributed by atoms with van der Waals surface area (Å²) in [6.07, 6.45) is 2.57. The molecule has 2 saturated heterocycles. The van der Waals surface area contributed by atoms with Crippen molar-refractivity contribution in [2.45, 2.75) is 51.6 Å². The Balaban J connectivity index is 2.07. The summed E-state index contributed by atoms with van der Waals surface area (Å²) in [6, 6.07) is 0.132. The van der Waals surface area contributed by atoms with Crippen LogP contribution in [0.25, 0.3) is 0 Å². The van der Waals surface area contributed by atoms with Gasteiger partial charge in [-0.3, -0.25) is 19.7 Å². The second kappa shape index (κ2) is 5.52. The second-order valence-corrected chi connectivity index (χ2v) is 6.30. The number of carbonyl (C=O) groups is 3. The topological polar surface area (TPSA) is 78.5 Å².